The van der Waals surface area contributed by atoms with Gasteiger partial charge in [-0.05, 0) is 0 Å². The Labute approximate surface area is 114 Å². The van der Waals surface area contributed by atoms with Crippen LogP contribution in [0.2, 0.25) is 0 Å². The van der Waals surface area contributed by atoms with Gasteiger partial charge in [-0.1, -0.05) is 37.3 Å². The molecule has 3 nitrogen and oxygen atoms in total. The molecule has 0 saturated heterocycles. The first-order valence-electron chi connectivity index (χ1n) is 4.09. The molecular formula is C11H9N2OY-. The minimum Gasteiger partial charge on any atom is -0.701 e. The molecule has 15 heavy (non-hydrogen) atoms. The number of rotatable bonds is 2. The summed E-state index contributed by atoms with van der Waals surface area (Å²) < 4.78 is 0. The fourth-order valence-corrected chi connectivity index (χ4v) is 1.04. The molecule has 0 unspecified atom stereocenters. The molecule has 0 aromatic heterocycles. The molecule has 1 N–H and O–H groups in total. The molecular weight excluding hydrogens is 265 g/mol. The molecule has 0 saturated carbocycles. The number of nitriles is 1. The van der Waals surface area contributed by atoms with E-state index in [9.17, 15) is 4.79 Å². The first-order valence-corrected chi connectivity index (χ1v) is 4.09. The normalized spacial score (nSPS) is 10.7. The third kappa shape index (κ3) is 3.58. The van der Waals surface area contributed by atoms with Crippen LogP contribution in [0, 0.1) is 11.3 Å². The van der Waals surface area contributed by atoms with E-state index in [-0.39, 0.29) is 49.8 Å². The van der Waals surface area contributed by atoms with Crippen molar-refractivity contribution in [2.24, 2.45) is 0 Å². The van der Waals surface area contributed by atoms with Crippen LogP contribution >= 0.6 is 0 Å². The van der Waals surface area contributed by atoms with Crippen molar-refractivity contribution in [3.63, 3.8) is 0 Å². The molecule has 0 fully saturated rings. The monoisotopic (exact) mass is 274 g/mol. The van der Waals surface area contributed by atoms with Gasteiger partial charge in [0.25, 0.3) is 0 Å². The van der Waals surface area contributed by atoms with Gasteiger partial charge >= 0.3 is 0 Å². The van der Waals surface area contributed by atoms with Crippen LogP contribution in [0.4, 0.5) is 0 Å². The fraction of sp³-hybridized carbons (Fsp3) is 0.0909. The largest absolute Gasteiger partial charge is 0.701 e. The topological polar surface area (TPSA) is 64.7 Å². The maximum atomic E-state index is 11.6. The van der Waals surface area contributed by atoms with Gasteiger partial charge in [0.15, 0.2) is 0 Å². The van der Waals surface area contributed by atoms with Gasteiger partial charge in [0.1, 0.15) is 6.07 Å². The van der Waals surface area contributed by atoms with Crippen molar-refractivity contribution in [2.75, 3.05) is 0 Å². The van der Waals surface area contributed by atoms with Crippen LogP contribution in [-0.4, -0.2) is 5.78 Å². The van der Waals surface area contributed by atoms with E-state index in [0.717, 1.165) is 0 Å². The van der Waals surface area contributed by atoms with Crippen LogP contribution in [0.25, 0.3) is 5.73 Å². The number of Topliss-reactive ketones (excluding diaryl/α,β-unsaturated/α-hetero) is 1. The van der Waals surface area contributed by atoms with Crippen LogP contribution < -0.4 is 0 Å². The smallest absolute Gasteiger partial charge is 0.201 e. The summed E-state index contributed by atoms with van der Waals surface area (Å²) in [5, 5.41) is 8.68. The Hall–Kier alpha value is -0.976. The van der Waals surface area contributed by atoms with E-state index in [4.69, 9.17) is 11.0 Å². The quantitative estimate of drug-likeness (QED) is 0.473. The van der Waals surface area contributed by atoms with Crippen LogP contribution in [0.5, 0.6) is 0 Å². The summed E-state index contributed by atoms with van der Waals surface area (Å²) in [4.78, 5) is 11.6. The number of hydrogen-bond donors (Lipinski definition) is 0. The van der Waals surface area contributed by atoms with Gasteiger partial charge in [0.05, 0.1) is 5.57 Å². The van der Waals surface area contributed by atoms with E-state index in [1.807, 2.05) is 0 Å². The van der Waals surface area contributed by atoms with E-state index in [1.165, 1.54) is 6.92 Å². The summed E-state index contributed by atoms with van der Waals surface area (Å²) in [5.41, 5.74) is 7.59. The molecule has 73 valence electrons. The summed E-state index contributed by atoms with van der Waals surface area (Å²) >= 11 is 0. The fourth-order valence-electron chi connectivity index (χ4n) is 1.04. The Kier molecular flexibility index (Phi) is 6.07. The zero-order chi connectivity index (χ0) is 10.6. The van der Waals surface area contributed by atoms with E-state index < -0.39 is 0 Å². The van der Waals surface area contributed by atoms with Gasteiger partial charge in [0.2, 0.25) is 5.78 Å². The van der Waals surface area contributed by atoms with Crippen molar-refractivity contribution in [1.29, 1.82) is 5.26 Å². The van der Waals surface area contributed by atoms with Crippen molar-refractivity contribution in [3.05, 3.63) is 52.9 Å². The summed E-state index contributed by atoms with van der Waals surface area (Å²) in [6.07, 6.45) is 0. The average molecular weight is 274 g/mol. The van der Waals surface area contributed by atoms with Crippen LogP contribution in [0.15, 0.2) is 41.6 Å². The first-order chi connectivity index (χ1) is 6.66. The minimum absolute atomic E-state index is 0. The Morgan fingerprint density at radius 1 is 1.33 bits per heavy atom. The third-order valence-corrected chi connectivity index (χ3v) is 1.75. The number of carbonyl (C=O) groups excluding carboxylic acids is 1. The van der Waals surface area contributed by atoms with Crippen molar-refractivity contribution in [3.8, 4) is 6.07 Å². The third-order valence-electron chi connectivity index (χ3n) is 1.75. The van der Waals surface area contributed by atoms with E-state index in [1.54, 1.807) is 36.4 Å². The van der Waals surface area contributed by atoms with Gasteiger partial charge < -0.3 is 5.73 Å². The number of nitrogens with zero attached hydrogens (tertiary/aromatic N) is 1. The van der Waals surface area contributed by atoms with E-state index >= 15 is 0 Å². The number of allylic oxidation sites excluding steroid dienone is 2. The number of nitrogens with one attached hydrogen (secondary N) is 1. The van der Waals surface area contributed by atoms with Gasteiger partial charge in [-0.25, -0.2) is 0 Å². The second-order valence-electron chi connectivity index (χ2n) is 2.81. The van der Waals surface area contributed by atoms with Gasteiger partial charge in [-0.15, -0.1) is 5.70 Å². The number of ketones is 1. The molecule has 0 amide bonds. The Morgan fingerprint density at radius 2 is 1.87 bits per heavy atom. The molecule has 0 aliphatic carbocycles. The molecule has 1 radical (unpaired) electrons. The molecule has 0 spiro atoms. The zero-order valence-electron chi connectivity index (χ0n) is 8.32. The molecule has 0 atom stereocenters. The van der Waals surface area contributed by atoms with Crippen LogP contribution in [-0.2, 0) is 32.7 Å². The van der Waals surface area contributed by atoms with Crippen molar-refractivity contribution in [2.45, 2.75) is 6.92 Å². The van der Waals surface area contributed by atoms with Crippen molar-refractivity contribution in [1.82, 2.24) is 0 Å². The SMILES string of the molecule is C/C([NH-])=C(\C#N)C(=O)c1ccccc1.[Y]. The van der Waals surface area contributed by atoms with Gasteiger partial charge in [0, 0.05) is 38.3 Å². The molecule has 1 aromatic carbocycles. The molecule has 0 aliphatic rings. The predicted octanol–water partition coefficient (Wildman–Crippen LogP) is 2.72. The molecule has 4 heteroatoms. The number of hydrogen-bond acceptors (Lipinski definition) is 2. The standard InChI is InChI=1S/C11H10N2O.Y/c1-8(13)10(7-12)11(14)9-5-3-2-4-6-9;/h2-6H,1H3,(H2,13,14);/p-1. The minimum atomic E-state index is -0.388. The number of carbonyl (C=O) groups is 1. The zero-order valence-corrected chi connectivity index (χ0v) is 11.2. The molecule has 0 bridgehead atoms. The maximum absolute atomic E-state index is 11.6. The van der Waals surface area contributed by atoms with Gasteiger partial charge in [-0.3, -0.25) is 4.79 Å². The van der Waals surface area contributed by atoms with Gasteiger partial charge in [-0.2, -0.15) is 5.26 Å². The Bertz CT molecular complexity index is 414. The Morgan fingerprint density at radius 3 is 2.27 bits per heavy atom. The van der Waals surface area contributed by atoms with E-state index in [2.05, 4.69) is 0 Å². The second-order valence-corrected chi connectivity index (χ2v) is 2.81. The van der Waals surface area contributed by atoms with Crippen molar-refractivity contribution >= 4 is 5.78 Å². The number of benzene rings is 1. The summed E-state index contributed by atoms with van der Waals surface area (Å²) in [7, 11) is 0. The summed E-state index contributed by atoms with van der Waals surface area (Å²) in [6.45, 7) is 1.43. The summed E-state index contributed by atoms with van der Waals surface area (Å²) in [6, 6.07) is 10.2. The molecule has 0 heterocycles. The Balaban J connectivity index is 0.00000196. The summed E-state index contributed by atoms with van der Waals surface area (Å²) in [5.74, 6) is -0.388. The molecule has 0 aliphatic heterocycles. The molecule has 1 rings (SSSR count). The van der Waals surface area contributed by atoms with Crippen molar-refractivity contribution < 1.29 is 37.5 Å². The van der Waals surface area contributed by atoms with Crippen LogP contribution in [0.1, 0.15) is 17.3 Å². The average Bonchev–Trinajstić information content (AvgIpc) is 2.19. The van der Waals surface area contributed by atoms with Crippen LogP contribution in [0.3, 0.4) is 0 Å². The second kappa shape index (κ2) is 6.50. The predicted molar refractivity (Wildman–Crippen MR) is 53.4 cm³/mol. The maximum Gasteiger partial charge on any atom is 0.201 e. The van der Waals surface area contributed by atoms with E-state index in [0.29, 0.717) is 5.56 Å². The molecule has 1 aromatic rings. The first kappa shape index (κ1) is 14.0.